The molecule has 0 amide bonds. The van der Waals surface area contributed by atoms with E-state index in [1.165, 1.54) is 11.6 Å². The molecule has 1 aromatic carbocycles. The lowest BCUT2D eigenvalue weighted by Crippen LogP contribution is -2.18. The van der Waals surface area contributed by atoms with E-state index in [1.807, 2.05) is 32.1 Å². The van der Waals surface area contributed by atoms with E-state index >= 15 is 0 Å². The molecule has 0 atom stereocenters. The van der Waals surface area contributed by atoms with Crippen molar-refractivity contribution in [3.63, 3.8) is 0 Å². The molecule has 0 aliphatic carbocycles. The normalized spacial score (nSPS) is 12.9. The van der Waals surface area contributed by atoms with Gasteiger partial charge in [0.2, 0.25) is 0 Å². The van der Waals surface area contributed by atoms with Crippen LogP contribution in [-0.4, -0.2) is 19.3 Å². The molecule has 0 saturated heterocycles. The van der Waals surface area contributed by atoms with Crippen LogP contribution >= 0.6 is 0 Å². The molecule has 0 saturated carbocycles. The van der Waals surface area contributed by atoms with Gasteiger partial charge >= 0.3 is 5.63 Å². The van der Waals surface area contributed by atoms with Crippen molar-refractivity contribution in [3.8, 4) is 5.75 Å². The van der Waals surface area contributed by atoms with Crippen molar-refractivity contribution in [2.75, 3.05) is 13.7 Å². The Hall–Kier alpha value is -2.33. The number of fused-ring (bicyclic) bond motifs is 1. The van der Waals surface area contributed by atoms with Gasteiger partial charge in [0.25, 0.3) is 0 Å². The summed E-state index contributed by atoms with van der Waals surface area (Å²) in [6, 6.07) is 8.63. The monoisotopic (exact) mass is 328 g/mol. The summed E-state index contributed by atoms with van der Waals surface area (Å²) in [5.41, 5.74) is 1.14. The Bertz CT molecular complexity index is 797. The fourth-order valence-electron chi connectivity index (χ4n) is 2.09. The maximum atomic E-state index is 11.3. The molecular formula is C20H24O4. The zero-order chi connectivity index (χ0) is 17.6. The van der Waals surface area contributed by atoms with Gasteiger partial charge in [-0.25, -0.2) is 4.79 Å². The predicted octanol–water partition coefficient (Wildman–Crippen LogP) is 4.49. The van der Waals surface area contributed by atoms with Crippen LogP contribution in [0, 0.1) is 0 Å². The number of hydrogen-bond acceptors (Lipinski definition) is 4. The summed E-state index contributed by atoms with van der Waals surface area (Å²) in [6.07, 6.45) is 7.04. The Morgan fingerprint density at radius 2 is 2.00 bits per heavy atom. The van der Waals surface area contributed by atoms with Crippen molar-refractivity contribution in [1.29, 1.82) is 0 Å². The van der Waals surface area contributed by atoms with Crippen LogP contribution in [0.25, 0.3) is 11.0 Å². The van der Waals surface area contributed by atoms with Gasteiger partial charge in [-0.3, -0.25) is 0 Å². The molecule has 0 spiro atoms. The summed E-state index contributed by atoms with van der Waals surface area (Å²) in [5, 5.41) is 0.875. The van der Waals surface area contributed by atoms with E-state index in [0.717, 1.165) is 11.8 Å². The highest BCUT2D eigenvalue weighted by atomic mass is 16.5. The number of ether oxygens (including phenoxy) is 2. The molecule has 128 valence electrons. The van der Waals surface area contributed by atoms with Crippen LogP contribution in [0.15, 0.2) is 63.3 Å². The van der Waals surface area contributed by atoms with Gasteiger partial charge in [0.05, 0.1) is 5.60 Å². The molecular weight excluding hydrogens is 304 g/mol. The number of allylic oxidation sites excluding steroid dienone is 2. The largest absolute Gasteiger partial charge is 0.489 e. The van der Waals surface area contributed by atoms with Gasteiger partial charge in [-0.15, -0.1) is 0 Å². The van der Waals surface area contributed by atoms with Crippen molar-refractivity contribution in [2.24, 2.45) is 0 Å². The van der Waals surface area contributed by atoms with E-state index in [9.17, 15) is 4.79 Å². The number of benzene rings is 1. The minimum atomic E-state index is -0.360. The molecule has 0 aliphatic rings. The topological polar surface area (TPSA) is 48.7 Å². The van der Waals surface area contributed by atoms with Crippen LogP contribution in [0.1, 0.15) is 27.2 Å². The molecule has 24 heavy (non-hydrogen) atoms. The van der Waals surface area contributed by atoms with Gasteiger partial charge in [0.1, 0.15) is 17.9 Å². The van der Waals surface area contributed by atoms with Gasteiger partial charge in [0.15, 0.2) is 0 Å². The lowest BCUT2D eigenvalue weighted by atomic mass is 10.1. The van der Waals surface area contributed by atoms with Crippen LogP contribution in [-0.2, 0) is 4.74 Å². The Morgan fingerprint density at radius 3 is 2.75 bits per heavy atom. The fraction of sp³-hybridized carbons (Fsp3) is 0.350. The van der Waals surface area contributed by atoms with Crippen molar-refractivity contribution in [2.45, 2.75) is 32.8 Å². The highest BCUT2D eigenvalue weighted by molar-refractivity contribution is 5.77. The molecule has 4 heteroatoms. The van der Waals surface area contributed by atoms with Crippen molar-refractivity contribution in [3.05, 3.63) is 64.6 Å². The Labute approximate surface area is 142 Å². The number of rotatable bonds is 7. The quantitative estimate of drug-likeness (QED) is 0.555. The summed E-state index contributed by atoms with van der Waals surface area (Å²) >= 11 is 0. The highest BCUT2D eigenvalue weighted by Gasteiger charge is 2.09. The summed E-state index contributed by atoms with van der Waals surface area (Å²) in [4.78, 5) is 11.3. The first kappa shape index (κ1) is 18.0. The van der Waals surface area contributed by atoms with Crippen LogP contribution in [0.5, 0.6) is 5.75 Å². The maximum Gasteiger partial charge on any atom is 0.336 e. The Balaban J connectivity index is 1.92. The third-order valence-electron chi connectivity index (χ3n) is 3.76. The van der Waals surface area contributed by atoms with Crippen molar-refractivity contribution in [1.82, 2.24) is 0 Å². The van der Waals surface area contributed by atoms with E-state index < -0.39 is 0 Å². The average molecular weight is 328 g/mol. The third-order valence-corrected chi connectivity index (χ3v) is 3.76. The van der Waals surface area contributed by atoms with Crippen molar-refractivity contribution < 1.29 is 13.9 Å². The van der Waals surface area contributed by atoms with Crippen LogP contribution in [0.2, 0.25) is 0 Å². The molecule has 0 fully saturated rings. The zero-order valence-electron chi connectivity index (χ0n) is 14.7. The lowest BCUT2D eigenvalue weighted by Gasteiger charge is -2.17. The molecule has 2 rings (SSSR count). The van der Waals surface area contributed by atoms with E-state index in [1.54, 1.807) is 19.2 Å². The molecule has 4 nitrogen and oxygen atoms in total. The van der Waals surface area contributed by atoms with Gasteiger partial charge in [-0.1, -0.05) is 17.7 Å². The van der Waals surface area contributed by atoms with Gasteiger partial charge in [-0.05, 0) is 51.5 Å². The summed E-state index contributed by atoms with van der Waals surface area (Å²) < 4.78 is 16.2. The second kappa shape index (κ2) is 7.97. The lowest BCUT2D eigenvalue weighted by molar-refractivity contribution is 0.0654. The molecule has 0 aliphatic heterocycles. The minimum Gasteiger partial charge on any atom is -0.489 e. The SMILES string of the molecule is COC(C)(C)/C=C/C/C(C)=C/COc1ccc2ccc(=O)oc2c1. The molecule has 0 unspecified atom stereocenters. The Morgan fingerprint density at radius 1 is 1.25 bits per heavy atom. The molecule has 1 heterocycles. The van der Waals surface area contributed by atoms with Crippen LogP contribution < -0.4 is 10.4 Å². The Kier molecular flexibility index (Phi) is 5.99. The highest BCUT2D eigenvalue weighted by Crippen LogP contribution is 2.19. The molecule has 0 radical (unpaired) electrons. The van der Waals surface area contributed by atoms with E-state index in [2.05, 4.69) is 19.1 Å². The van der Waals surface area contributed by atoms with Gasteiger partial charge in [-0.2, -0.15) is 0 Å². The first-order valence-corrected chi connectivity index (χ1v) is 7.95. The smallest absolute Gasteiger partial charge is 0.336 e. The fourth-order valence-corrected chi connectivity index (χ4v) is 2.09. The summed E-state index contributed by atoms with van der Waals surface area (Å²) in [6.45, 7) is 6.57. The standard InChI is InChI=1S/C20H24O4/c1-15(6-5-12-20(2,3)22-4)11-13-23-17-9-7-16-8-10-19(21)24-18(16)14-17/h5,7-12,14H,6,13H2,1-4H3/b12-5+,15-11+. The second-order valence-corrected chi connectivity index (χ2v) is 6.23. The van der Waals surface area contributed by atoms with Crippen molar-refractivity contribution >= 4 is 11.0 Å². The summed E-state index contributed by atoms with van der Waals surface area (Å²) in [5.74, 6) is 0.678. The molecule has 0 bridgehead atoms. The van der Waals surface area contributed by atoms with Gasteiger partial charge in [0, 0.05) is 24.6 Å². The first-order chi connectivity index (χ1) is 11.4. The first-order valence-electron chi connectivity index (χ1n) is 7.95. The maximum absolute atomic E-state index is 11.3. The number of hydrogen-bond donors (Lipinski definition) is 0. The predicted molar refractivity (Wildman–Crippen MR) is 96.6 cm³/mol. The zero-order valence-corrected chi connectivity index (χ0v) is 14.7. The van der Waals surface area contributed by atoms with E-state index in [-0.39, 0.29) is 11.2 Å². The third kappa shape index (κ3) is 5.39. The van der Waals surface area contributed by atoms with E-state index in [4.69, 9.17) is 13.9 Å². The molecule has 2 aromatic rings. The van der Waals surface area contributed by atoms with Crippen LogP contribution in [0.3, 0.4) is 0 Å². The summed E-state index contributed by atoms with van der Waals surface area (Å²) in [7, 11) is 1.70. The second-order valence-electron chi connectivity index (χ2n) is 6.23. The molecule has 1 aromatic heterocycles. The molecule has 0 N–H and O–H groups in total. The van der Waals surface area contributed by atoms with Gasteiger partial charge < -0.3 is 13.9 Å². The minimum absolute atomic E-state index is 0.244. The van der Waals surface area contributed by atoms with E-state index in [0.29, 0.717) is 17.9 Å². The average Bonchev–Trinajstić information content (AvgIpc) is 2.54. The number of methoxy groups -OCH3 is 1. The van der Waals surface area contributed by atoms with Crippen LogP contribution in [0.4, 0.5) is 0 Å².